The Labute approximate surface area is 151 Å². The maximum Gasteiger partial charge on any atom is 0.317 e. The van der Waals surface area contributed by atoms with Crippen molar-refractivity contribution in [3.8, 4) is 0 Å². The van der Waals surface area contributed by atoms with Gasteiger partial charge in [-0.3, -0.25) is 4.79 Å². The SMILES string of the molecule is CNCCN1C(=O)CC[C@H]2CN(C(=O)NCC3CCCCC3)CC[C@H]21. The number of hydrogen-bond acceptors (Lipinski definition) is 3. The maximum atomic E-state index is 12.6. The molecule has 0 radical (unpaired) electrons. The Balaban J connectivity index is 1.48. The van der Waals surface area contributed by atoms with Crippen molar-refractivity contribution in [3.63, 3.8) is 0 Å². The molecular formula is C19H34N4O2. The van der Waals surface area contributed by atoms with Gasteiger partial charge in [0, 0.05) is 45.2 Å². The number of rotatable bonds is 5. The maximum absolute atomic E-state index is 12.6. The Hall–Kier alpha value is -1.30. The molecule has 3 rings (SSSR count). The highest BCUT2D eigenvalue weighted by Gasteiger charge is 2.40. The lowest BCUT2D eigenvalue weighted by atomic mass is 9.83. The van der Waals surface area contributed by atoms with Crippen LogP contribution in [-0.2, 0) is 4.79 Å². The van der Waals surface area contributed by atoms with Gasteiger partial charge in [0.15, 0.2) is 0 Å². The van der Waals surface area contributed by atoms with Gasteiger partial charge in [0.05, 0.1) is 0 Å². The summed E-state index contributed by atoms with van der Waals surface area (Å²) in [6.07, 6.45) is 8.95. The number of fused-ring (bicyclic) bond motifs is 1. The van der Waals surface area contributed by atoms with E-state index in [0.29, 0.717) is 24.3 Å². The molecule has 3 aliphatic rings. The van der Waals surface area contributed by atoms with Gasteiger partial charge in [0.2, 0.25) is 5.91 Å². The summed E-state index contributed by atoms with van der Waals surface area (Å²) in [6.45, 7) is 4.01. The van der Waals surface area contributed by atoms with Gasteiger partial charge in [-0.25, -0.2) is 4.79 Å². The minimum atomic E-state index is 0.0997. The normalized spacial score (nSPS) is 28.0. The second-order valence-corrected chi connectivity index (χ2v) is 7.98. The molecule has 2 aliphatic heterocycles. The third-order valence-electron chi connectivity index (χ3n) is 6.30. The first-order valence-corrected chi connectivity index (χ1v) is 10.2. The molecule has 0 bridgehead atoms. The molecule has 3 amide bonds. The van der Waals surface area contributed by atoms with E-state index < -0.39 is 0 Å². The van der Waals surface area contributed by atoms with Crippen LogP contribution in [0.5, 0.6) is 0 Å². The van der Waals surface area contributed by atoms with Gasteiger partial charge >= 0.3 is 6.03 Å². The van der Waals surface area contributed by atoms with E-state index in [1.807, 2.05) is 11.9 Å². The van der Waals surface area contributed by atoms with Crippen LogP contribution >= 0.6 is 0 Å². The first kappa shape index (κ1) is 18.5. The van der Waals surface area contributed by atoms with Crippen LogP contribution in [0.15, 0.2) is 0 Å². The second-order valence-electron chi connectivity index (χ2n) is 7.98. The Kier molecular flexibility index (Phi) is 6.57. The van der Waals surface area contributed by atoms with E-state index in [-0.39, 0.29) is 11.9 Å². The molecule has 1 saturated carbocycles. The van der Waals surface area contributed by atoms with Crippen molar-refractivity contribution in [1.82, 2.24) is 20.4 Å². The van der Waals surface area contributed by atoms with Gasteiger partial charge in [-0.05, 0) is 44.6 Å². The van der Waals surface area contributed by atoms with Gasteiger partial charge in [-0.1, -0.05) is 19.3 Å². The molecule has 2 atom stereocenters. The third kappa shape index (κ3) is 4.66. The molecule has 0 spiro atoms. The Morgan fingerprint density at radius 1 is 1.16 bits per heavy atom. The van der Waals surface area contributed by atoms with Crippen LogP contribution < -0.4 is 10.6 Å². The molecule has 0 aromatic heterocycles. The summed E-state index contributed by atoms with van der Waals surface area (Å²) >= 11 is 0. The van der Waals surface area contributed by atoms with Gasteiger partial charge in [0.25, 0.3) is 0 Å². The number of carbonyl (C=O) groups is 2. The van der Waals surface area contributed by atoms with Gasteiger partial charge in [0.1, 0.15) is 0 Å². The zero-order chi connectivity index (χ0) is 17.6. The predicted molar refractivity (Wildman–Crippen MR) is 98.3 cm³/mol. The van der Waals surface area contributed by atoms with E-state index in [1.165, 1.54) is 32.1 Å². The highest BCUT2D eigenvalue weighted by atomic mass is 16.2. The quantitative estimate of drug-likeness (QED) is 0.795. The standard InChI is InChI=1S/C19H34N4O2/c1-20-10-12-23-17-9-11-22(14-16(17)7-8-18(23)24)19(25)21-13-15-5-3-2-4-6-15/h15-17,20H,2-14H2,1H3,(H,21,25)/t16-,17+/m0/s1. The zero-order valence-corrected chi connectivity index (χ0v) is 15.6. The molecule has 142 valence electrons. The number of urea groups is 1. The number of amides is 3. The van der Waals surface area contributed by atoms with Crippen LogP contribution in [0.1, 0.15) is 51.4 Å². The van der Waals surface area contributed by atoms with E-state index in [2.05, 4.69) is 15.5 Å². The Morgan fingerprint density at radius 2 is 1.96 bits per heavy atom. The first-order valence-electron chi connectivity index (χ1n) is 10.2. The molecule has 2 N–H and O–H groups in total. The number of likely N-dealkylation sites (tertiary alicyclic amines) is 2. The summed E-state index contributed by atoms with van der Waals surface area (Å²) in [5, 5.41) is 6.31. The van der Waals surface area contributed by atoms with Crippen molar-refractivity contribution in [1.29, 1.82) is 0 Å². The molecule has 0 aromatic carbocycles. The molecule has 2 saturated heterocycles. The average Bonchev–Trinajstić information content (AvgIpc) is 2.66. The van der Waals surface area contributed by atoms with Gasteiger partial charge in [-0.2, -0.15) is 0 Å². The van der Waals surface area contributed by atoms with Crippen molar-refractivity contribution < 1.29 is 9.59 Å². The number of nitrogens with one attached hydrogen (secondary N) is 2. The van der Waals surface area contributed by atoms with Crippen molar-refractivity contribution in [2.24, 2.45) is 11.8 Å². The molecule has 25 heavy (non-hydrogen) atoms. The summed E-state index contributed by atoms with van der Waals surface area (Å²) in [7, 11) is 1.92. The van der Waals surface area contributed by atoms with E-state index in [0.717, 1.165) is 45.6 Å². The summed E-state index contributed by atoms with van der Waals surface area (Å²) in [6, 6.07) is 0.416. The fraction of sp³-hybridized carbons (Fsp3) is 0.895. The van der Waals surface area contributed by atoms with Crippen molar-refractivity contribution >= 4 is 11.9 Å². The topological polar surface area (TPSA) is 64.7 Å². The lowest BCUT2D eigenvalue weighted by Gasteiger charge is -2.47. The second kappa shape index (κ2) is 8.88. The molecule has 2 heterocycles. The summed E-state index contributed by atoms with van der Waals surface area (Å²) in [5.74, 6) is 1.38. The van der Waals surface area contributed by atoms with Crippen LogP contribution in [0, 0.1) is 11.8 Å². The van der Waals surface area contributed by atoms with E-state index >= 15 is 0 Å². The van der Waals surface area contributed by atoms with Crippen LogP contribution in [0.4, 0.5) is 4.79 Å². The fourth-order valence-corrected chi connectivity index (χ4v) is 4.79. The lowest BCUT2D eigenvalue weighted by molar-refractivity contribution is -0.140. The first-order chi connectivity index (χ1) is 12.2. The minimum absolute atomic E-state index is 0.0997. The lowest BCUT2D eigenvalue weighted by Crippen LogP contribution is -2.59. The van der Waals surface area contributed by atoms with Crippen molar-refractivity contribution in [2.75, 3.05) is 39.8 Å². The monoisotopic (exact) mass is 350 g/mol. The molecule has 6 heteroatoms. The average molecular weight is 351 g/mol. The largest absolute Gasteiger partial charge is 0.338 e. The number of likely N-dealkylation sites (N-methyl/N-ethyl adjacent to an activating group) is 1. The molecule has 6 nitrogen and oxygen atoms in total. The number of piperidine rings is 2. The Morgan fingerprint density at radius 3 is 2.72 bits per heavy atom. The van der Waals surface area contributed by atoms with Crippen molar-refractivity contribution in [3.05, 3.63) is 0 Å². The van der Waals surface area contributed by atoms with Crippen molar-refractivity contribution in [2.45, 2.75) is 57.4 Å². The highest BCUT2D eigenvalue weighted by molar-refractivity contribution is 5.78. The van der Waals surface area contributed by atoms with E-state index in [9.17, 15) is 9.59 Å². The summed E-state index contributed by atoms with van der Waals surface area (Å²) in [4.78, 5) is 28.9. The fourth-order valence-electron chi connectivity index (χ4n) is 4.79. The molecule has 0 unspecified atom stereocenters. The smallest absolute Gasteiger partial charge is 0.317 e. The Bertz CT molecular complexity index is 464. The summed E-state index contributed by atoms with van der Waals surface area (Å²) in [5.41, 5.74) is 0. The number of nitrogens with zero attached hydrogens (tertiary/aromatic N) is 2. The molecule has 3 fully saturated rings. The van der Waals surface area contributed by atoms with E-state index in [1.54, 1.807) is 0 Å². The van der Waals surface area contributed by atoms with Crippen LogP contribution in [-0.4, -0.2) is 67.6 Å². The highest BCUT2D eigenvalue weighted by Crippen LogP contribution is 2.31. The van der Waals surface area contributed by atoms with Crippen LogP contribution in [0.2, 0.25) is 0 Å². The molecule has 0 aromatic rings. The third-order valence-corrected chi connectivity index (χ3v) is 6.30. The van der Waals surface area contributed by atoms with E-state index in [4.69, 9.17) is 0 Å². The van der Waals surface area contributed by atoms with Crippen LogP contribution in [0.25, 0.3) is 0 Å². The summed E-state index contributed by atoms with van der Waals surface area (Å²) < 4.78 is 0. The zero-order valence-electron chi connectivity index (χ0n) is 15.6. The molecule has 1 aliphatic carbocycles. The predicted octanol–water partition coefficient (Wildman–Crippen LogP) is 1.81. The van der Waals surface area contributed by atoms with Crippen LogP contribution in [0.3, 0.4) is 0 Å². The van der Waals surface area contributed by atoms with Gasteiger partial charge in [-0.15, -0.1) is 0 Å². The van der Waals surface area contributed by atoms with Gasteiger partial charge < -0.3 is 20.4 Å². The minimum Gasteiger partial charge on any atom is -0.338 e. The molecular weight excluding hydrogens is 316 g/mol. The number of carbonyl (C=O) groups excluding carboxylic acids is 2. The number of hydrogen-bond donors (Lipinski definition) is 2.